The number of aromatic nitrogens is 1. The Morgan fingerprint density at radius 2 is 1.79 bits per heavy atom. The fourth-order valence-corrected chi connectivity index (χ4v) is 2.89. The van der Waals surface area contributed by atoms with Gasteiger partial charge in [-0.25, -0.2) is 4.39 Å². The van der Waals surface area contributed by atoms with Crippen molar-refractivity contribution in [3.05, 3.63) is 71.3 Å². The fraction of sp³-hybridized carbons (Fsp3) is 0.0526. The average molecular weight is 407 g/mol. The van der Waals surface area contributed by atoms with Gasteiger partial charge in [-0.05, 0) is 24.3 Å². The number of nitrogens with zero attached hydrogens (tertiary/aromatic N) is 1. The van der Waals surface area contributed by atoms with Crippen LogP contribution in [0.15, 0.2) is 54.7 Å². The summed E-state index contributed by atoms with van der Waals surface area (Å²) in [4.78, 5) is 16.3. The van der Waals surface area contributed by atoms with Gasteiger partial charge in [0.15, 0.2) is 11.5 Å². The number of anilines is 1. The van der Waals surface area contributed by atoms with Gasteiger partial charge in [0.25, 0.3) is 5.91 Å². The third-order valence-corrected chi connectivity index (χ3v) is 4.23. The summed E-state index contributed by atoms with van der Waals surface area (Å²) in [5, 5.41) is 2.56. The third kappa shape index (κ3) is 3.46. The van der Waals surface area contributed by atoms with Crippen molar-refractivity contribution >= 4 is 23.2 Å². The minimum atomic E-state index is -3.75. The van der Waals surface area contributed by atoms with Crippen molar-refractivity contribution in [3.63, 3.8) is 0 Å². The molecule has 0 saturated heterocycles. The van der Waals surface area contributed by atoms with Gasteiger partial charge in [-0.15, -0.1) is 8.78 Å². The number of halogens is 4. The van der Waals surface area contributed by atoms with Crippen LogP contribution in [0.25, 0.3) is 11.1 Å². The topological polar surface area (TPSA) is 60.5 Å². The second kappa shape index (κ2) is 6.72. The largest absolute Gasteiger partial charge is 0.586 e. The van der Waals surface area contributed by atoms with Crippen molar-refractivity contribution in [2.75, 3.05) is 5.32 Å². The van der Waals surface area contributed by atoms with Crippen molar-refractivity contribution < 1.29 is 27.4 Å². The SMILES string of the molecule is O=C(Nc1ccccc1F)c1ccc(-c2cc3c(cc2Cl)OC(F)(F)O3)cn1. The number of pyridine rings is 1. The van der Waals surface area contributed by atoms with Crippen molar-refractivity contribution in [1.29, 1.82) is 0 Å². The van der Waals surface area contributed by atoms with Crippen LogP contribution in [0.4, 0.5) is 18.9 Å². The molecule has 142 valence electrons. The van der Waals surface area contributed by atoms with Crippen LogP contribution in [0.2, 0.25) is 5.02 Å². The van der Waals surface area contributed by atoms with Crippen LogP contribution in [0.1, 0.15) is 10.5 Å². The van der Waals surface area contributed by atoms with Crippen LogP contribution >= 0.6 is 11.6 Å². The first kappa shape index (κ1) is 18.1. The Bertz CT molecular complexity index is 1070. The molecule has 0 fully saturated rings. The molecule has 9 heteroatoms. The molecule has 0 saturated carbocycles. The maximum Gasteiger partial charge on any atom is 0.586 e. The van der Waals surface area contributed by atoms with E-state index in [1.807, 2.05) is 0 Å². The van der Waals surface area contributed by atoms with Gasteiger partial charge in [-0.3, -0.25) is 9.78 Å². The molecule has 2 heterocycles. The molecule has 0 aliphatic carbocycles. The van der Waals surface area contributed by atoms with Crippen molar-refractivity contribution in [2.45, 2.75) is 6.29 Å². The maximum atomic E-state index is 13.6. The van der Waals surface area contributed by atoms with E-state index in [9.17, 15) is 18.0 Å². The number of amides is 1. The fourth-order valence-electron chi connectivity index (χ4n) is 2.63. The maximum absolute atomic E-state index is 13.6. The molecule has 2 aromatic carbocycles. The number of hydrogen-bond acceptors (Lipinski definition) is 4. The van der Waals surface area contributed by atoms with Gasteiger partial charge in [-0.1, -0.05) is 29.8 Å². The highest BCUT2D eigenvalue weighted by atomic mass is 35.5. The summed E-state index contributed by atoms with van der Waals surface area (Å²) >= 11 is 6.13. The van der Waals surface area contributed by atoms with Crippen LogP contribution in [-0.2, 0) is 0 Å². The molecule has 1 N–H and O–H groups in total. The molecule has 5 nitrogen and oxygen atoms in total. The smallest absolute Gasteiger partial charge is 0.395 e. The van der Waals surface area contributed by atoms with E-state index < -0.39 is 18.0 Å². The van der Waals surface area contributed by atoms with E-state index in [0.717, 1.165) is 0 Å². The summed E-state index contributed by atoms with van der Waals surface area (Å²) < 4.78 is 48.8. The quantitative estimate of drug-likeness (QED) is 0.656. The Hall–Kier alpha value is -3.26. The molecule has 0 bridgehead atoms. The van der Waals surface area contributed by atoms with E-state index in [-0.39, 0.29) is 27.9 Å². The predicted molar refractivity (Wildman–Crippen MR) is 95.2 cm³/mol. The molecule has 0 atom stereocenters. The van der Waals surface area contributed by atoms with Gasteiger partial charge < -0.3 is 14.8 Å². The lowest BCUT2D eigenvalue weighted by molar-refractivity contribution is -0.286. The van der Waals surface area contributed by atoms with Gasteiger partial charge in [0, 0.05) is 23.4 Å². The highest BCUT2D eigenvalue weighted by molar-refractivity contribution is 6.33. The zero-order valence-electron chi connectivity index (χ0n) is 13.9. The highest BCUT2D eigenvalue weighted by Crippen LogP contribution is 2.45. The number of hydrogen-bond donors (Lipinski definition) is 1. The molecule has 0 unspecified atom stereocenters. The van der Waals surface area contributed by atoms with Crippen LogP contribution in [0, 0.1) is 5.82 Å². The zero-order chi connectivity index (χ0) is 19.9. The Morgan fingerprint density at radius 3 is 2.46 bits per heavy atom. The molecular weight excluding hydrogens is 397 g/mol. The summed E-state index contributed by atoms with van der Waals surface area (Å²) in [6.07, 6.45) is -2.41. The van der Waals surface area contributed by atoms with E-state index in [1.165, 1.54) is 48.7 Å². The molecule has 1 aliphatic heterocycles. The third-order valence-electron chi connectivity index (χ3n) is 3.92. The van der Waals surface area contributed by atoms with E-state index in [1.54, 1.807) is 6.07 Å². The van der Waals surface area contributed by atoms with Crippen molar-refractivity contribution in [2.24, 2.45) is 0 Å². The van der Waals surface area contributed by atoms with Crippen molar-refractivity contribution in [1.82, 2.24) is 4.98 Å². The number of rotatable bonds is 3. The normalized spacial score (nSPS) is 14.0. The summed E-state index contributed by atoms with van der Waals surface area (Å²) in [5.74, 6) is -1.51. The summed E-state index contributed by atoms with van der Waals surface area (Å²) in [6, 6.07) is 11.2. The highest BCUT2D eigenvalue weighted by Gasteiger charge is 2.43. The number of carbonyl (C=O) groups excluding carboxylic acids is 1. The molecular formula is C19H10ClF3N2O3. The standard InChI is InChI=1S/C19H10ClF3N2O3/c20-12-8-17-16(27-19(22,23)28-17)7-11(12)10-5-6-15(24-9-10)18(26)25-14-4-2-1-3-13(14)21/h1-9H,(H,25,26). The number of nitrogens with one attached hydrogen (secondary N) is 1. The Kier molecular flexibility index (Phi) is 4.35. The molecule has 3 aromatic rings. The molecule has 1 aromatic heterocycles. The average Bonchev–Trinajstić information content (AvgIpc) is 2.96. The lowest BCUT2D eigenvalue weighted by atomic mass is 10.1. The zero-order valence-corrected chi connectivity index (χ0v) is 14.6. The molecule has 0 radical (unpaired) electrons. The van der Waals surface area contributed by atoms with Crippen LogP contribution in [0.3, 0.4) is 0 Å². The first-order valence-electron chi connectivity index (χ1n) is 7.94. The van der Waals surface area contributed by atoms with Gasteiger partial charge in [0.1, 0.15) is 11.5 Å². The first-order chi connectivity index (χ1) is 13.3. The van der Waals surface area contributed by atoms with E-state index in [4.69, 9.17) is 11.6 Å². The number of benzene rings is 2. The summed E-state index contributed by atoms with van der Waals surface area (Å²) in [7, 11) is 0. The van der Waals surface area contributed by atoms with E-state index in [0.29, 0.717) is 11.1 Å². The second-order valence-electron chi connectivity index (χ2n) is 5.81. The van der Waals surface area contributed by atoms with Crippen LogP contribution < -0.4 is 14.8 Å². The lowest BCUT2D eigenvalue weighted by Crippen LogP contribution is -2.25. The van der Waals surface area contributed by atoms with Gasteiger partial charge in [0.05, 0.1) is 10.7 Å². The molecule has 4 rings (SSSR count). The Morgan fingerprint density at radius 1 is 1.07 bits per heavy atom. The van der Waals surface area contributed by atoms with Crippen LogP contribution in [-0.4, -0.2) is 17.2 Å². The van der Waals surface area contributed by atoms with Crippen molar-refractivity contribution in [3.8, 4) is 22.6 Å². The minimum absolute atomic E-state index is 0.0260. The first-order valence-corrected chi connectivity index (χ1v) is 8.32. The van der Waals surface area contributed by atoms with E-state index >= 15 is 0 Å². The number of fused-ring (bicyclic) bond motifs is 1. The summed E-state index contributed by atoms with van der Waals surface area (Å²) in [5.41, 5.74) is 0.901. The van der Waals surface area contributed by atoms with Gasteiger partial charge in [0.2, 0.25) is 0 Å². The van der Waals surface area contributed by atoms with Gasteiger partial charge >= 0.3 is 6.29 Å². The lowest BCUT2D eigenvalue weighted by Gasteiger charge is -2.08. The monoisotopic (exact) mass is 406 g/mol. The van der Waals surface area contributed by atoms with Gasteiger partial charge in [-0.2, -0.15) is 0 Å². The number of ether oxygens (including phenoxy) is 2. The van der Waals surface area contributed by atoms with Crippen LogP contribution in [0.5, 0.6) is 11.5 Å². The molecule has 0 spiro atoms. The molecule has 1 aliphatic rings. The minimum Gasteiger partial charge on any atom is -0.395 e. The Labute approximate surface area is 161 Å². The predicted octanol–water partition coefficient (Wildman–Crippen LogP) is 5.11. The molecule has 1 amide bonds. The Balaban J connectivity index is 1.57. The second-order valence-corrected chi connectivity index (χ2v) is 6.22. The summed E-state index contributed by atoms with van der Waals surface area (Å²) in [6.45, 7) is 0. The number of carbonyl (C=O) groups is 1. The molecule has 28 heavy (non-hydrogen) atoms. The number of alkyl halides is 2. The van der Waals surface area contributed by atoms with E-state index in [2.05, 4.69) is 19.8 Å². The number of para-hydroxylation sites is 1.